The maximum Gasteiger partial charge on any atom is 0.211 e. The average Bonchev–Trinajstić information content (AvgIpc) is 2.67. The molecular formula is C21H26N2O2. The lowest BCUT2D eigenvalue weighted by Crippen LogP contribution is -2.31. The van der Waals surface area contributed by atoms with Gasteiger partial charge in [0, 0.05) is 6.54 Å². The van der Waals surface area contributed by atoms with Gasteiger partial charge < -0.3 is 15.0 Å². The molecule has 0 radical (unpaired) electrons. The van der Waals surface area contributed by atoms with E-state index in [1.165, 1.54) is 37.9 Å². The quantitative estimate of drug-likeness (QED) is 0.743. The molecule has 0 aromatic heterocycles. The SMILES string of the molecule is O=CNc1cc(CCN2CCCCC2)ccc1OCc1ccccc1. The van der Waals surface area contributed by atoms with Crippen LogP contribution >= 0.6 is 0 Å². The first-order valence-corrected chi connectivity index (χ1v) is 9.07. The number of hydrogen-bond donors (Lipinski definition) is 1. The van der Waals surface area contributed by atoms with E-state index in [-0.39, 0.29) is 0 Å². The van der Waals surface area contributed by atoms with Crippen LogP contribution in [0.5, 0.6) is 5.75 Å². The number of piperidine rings is 1. The predicted molar refractivity (Wildman–Crippen MR) is 101 cm³/mol. The molecule has 0 atom stereocenters. The smallest absolute Gasteiger partial charge is 0.211 e. The third kappa shape index (κ3) is 5.33. The Kier molecular flexibility index (Phi) is 6.46. The van der Waals surface area contributed by atoms with Crippen LogP contribution in [0.3, 0.4) is 0 Å². The van der Waals surface area contributed by atoms with E-state index in [4.69, 9.17) is 4.74 Å². The van der Waals surface area contributed by atoms with Crippen molar-refractivity contribution in [3.05, 3.63) is 59.7 Å². The van der Waals surface area contributed by atoms with Gasteiger partial charge in [-0.3, -0.25) is 4.79 Å². The summed E-state index contributed by atoms with van der Waals surface area (Å²) in [4.78, 5) is 13.5. The first kappa shape index (κ1) is 17.5. The van der Waals surface area contributed by atoms with Crippen LogP contribution in [-0.4, -0.2) is 30.9 Å². The molecule has 1 saturated heterocycles. The summed E-state index contributed by atoms with van der Waals surface area (Å²) in [5, 5.41) is 2.77. The van der Waals surface area contributed by atoms with E-state index in [9.17, 15) is 4.79 Å². The second kappa shape index (κ2) is 9.23. The van der Waals surface area contributed by atoms with E-state index in [2.05, 4.69) is 16.3 Å². The van der Waals surface area contributed by atoms with Gasteiger partial charge in [-0.2, -0.15) is 0 Å². The molecule has 3 rings (SSSR count). The third-order valence-electron chi connectivity index (χ3n) is 4.66. The number of benzene rings is 2. The number of anilines is 1. The van der Waals surface area contributed by atoms with Gasteiger partial charge in [0.25, 0.3) is 0 Å². The second-order valence-corrected chi connectivity index (χ2v) is 6.52. The maximum atomic E-state index is 10.9. The van der Waals surface area contributed by atoms with E-state index >= 15 is 0 Å². The summed E-state index contributed by atoms with van der Waals surface area (Å²) in [6.45, 7) is 3.97. The molecule has 0 bridgehead atoms. The van der Waals surface area contributed by atoms with Gasteiger partial charge in [-0.1, -0.05) is 42.8 Å². The lowest BCUT2D eigenvalue weighted by molar-refractivity contribution is -0.105. The molecular weight excluding hydrogens is 312 g/mol. The molecule has 0 unspecified atom stereocenters. The van der Waals surface area contributed by atoms with Crippen LogP contribution in [-0.2, 0) is 17.8 Å². The molecule has 1 aliphatic heterocycles. The molecule has 2 aromatic rings. The molecule has 0 saturated carbocycles. The topological polar surface area (TPSA) is 41.6 Å². The van der Waals surface area contributed by atoms with Crippen LogP contribution in [0.15, 0.2) is 48.5 Å². The molecule has 4 nitrogen and oxygen atoms in total. The lowest BCUT2D eigenvalue weighted by Gasteiger charge is -2.26. The van der Waals surface area contributed by atoms with Gasteiger partial charge in [-0.15, -0.1) is 0 Å². The van der Waals surface area contributed by atoms with Crippen LogP contribution < -0.4 is 10.1 Å². The Hall–Kier alpha value is -2.33. The van der Waals surface area contributed by atoms with Gasteiger partial charge in [0.2, 0.25) is 6.41 Å². The number of likely N-dealkylation sites (tertiary alicyclic amines) is 1. The van der Waals surface area contributed by atoms with Gasteiger partial charge in [-0.05, 0) is 55.6 Å². The van der Waals surface area contributed by atoms with E-state index in [1.807, 2.05) is 42.5 Å². The summed E-state index contributed by atoms with van der Waals surface area (Å²) < 4.78 is 5.89. The molecule has 4 heteroatoms. The highest BCUT2D eigenvalue weighted by Crippen LogP contribution is 2.27. The zero-order valence-corrected chi connectivity index (χ0v) is 14.6. The highest BCUT2D eigenvalue weighted by atomic mass is 16.5. The Bertz CT molecular complexity index is 667. The number of hydrogen-bond acceptors (Lipinski definition) is 3. The molecule has 1 fully saturated rings. The summed E-state index contributed by atoms with van der Waals surface area (Å²) >= 11 is 0. The zero-order valence-electron chi connectivity index (χ0n) is 14.6. The van der Waals surface area contributed by atoms with Crippen molar-refractivity contribution < 1.29 is 9.53 Å². The minimum atomic E-state index is 0.488. The molecule has 0 aliphatic carbocycles. The van der Waals surface area contributed by atoms with Crippen molar-refractivity contribution in [3.8, 4) is 5.75 Å². The number of carbonyl (C=O) groups is 1. The van der Waals surface area contributed by atoms with Crippen molar-refractivity contribution in [1.29, 1.82) is 0 Å². The maximum absolute atomic E-state index is 10.9. The van der Waals surface area contributed by atoms with E-state index in [0.29, 0.717) is 18.8 Å². The Morgan fingerprint density at radius 2 is 1.80 bits per heavy atom. The highest BCUT2D eigenvalue weighted by molar-refractivity contribution is 5.75. The van der Waals surface area contributed by atoms with Crippen molar-refractivity contribution in [2.75, 3.05) is 25.0 Å². The Morgan fingerprint density at radius 1 is 1.00 bits per heavy atom. The van der Waals surface area contributed by atoms with Crippen LogP contribution in [0.25, 0.3) is 0 Å². The Morgan fingerprint density at radius 3 is 2.56 bits per heavy atom. The van der Waals surface area contributed by atoms with Crippen LogP contribution in [0.4, 0.5) is 5.69 Å². The van der Waals surface area contributed by atoms with Gasteiger partial charge in [0.1, 0.15) is 12.4 Å². The second-order valence-electron chi connectivity index (χ2n) is 6.52. The van der Waals surface area contributed by atoms with Crippen molar-refractivity contribution in [2.24, 2.45) is 0 Å². The fourth-order valence-electron chi connectivity index (χ4n) is 3.24. The first-order chi connectivity index (χ1) is 12.3. The monoisotopic (exact) mass is 338 g/mol. The largest absolute Gasteiger partial charge is 0.487 e. The average molecular weight is 338 g/mol. The van der Waals surface area contributed by atoms with E-state index in [1.54, 1.807) is 0 Å². The Labute approximate surface area is 149 Å². The minimum absolute atomic E-state index is 0.488. The third-order valence-corrected chi connectivity index (χ3v) is 4.66. The molecule has 2 aromatic carbocycles. The summed E-state index contributed by atoms with van der Waals surface area (Å²) in [5.41, 5.74) is 3.07. The Balaban J connectivity index is 1.61. The molecule has 25 heavy (non-hydrogen) atoms. The van der Waals surface area contributed by atoms with E-state index < -0.39 is 0 Å². The zero-order chi connectivity index (χ0) is 17.3. The fourth-order valence-corrected chi connectivity index (χ4v) is 3.24. The van der Waals surface area contributed by atoms with Gasteiger partial charge in [-0.25, -0.2) is 0 Å². The van der Waals surface area contributed by atoms with Crippen LogP contribution in [0.2, 0.25) is 0 Å². The van der Waals surface area contributed by atoms with Gasteiger partial charge in [0.05, 0.1) is 5.69 Å². The van der Waals surface area contributed by atoms with E-state index in [0.717, 1.165) is 24.2 Å². The predicted octanol–water partition coefficient (Wildman–Crippen LogP) is 3.86. The first-order valence-electron chi connectivity index (χ1n) is 9.07. The van der Waals surface area contributed by atoms with Crippen molar-refractivity contribution in [1.82, 2.24) is 4.90 Å². The summed E-state index contributed by atoms with van der Waals surface area (Å²) in [7, 11) is 0. The van der Waals surface area contributed by atoms with Gasteiger partial charge in [0.15, 0.2) is 0 Å². The normalized spacial score (nSPS) is 14.9. The van der Waals surface area contributed by atoms with Gasteiger partial charge >= 0.3 is 0 Å². The van der Waals surface area contributed by atoms with Crippen molar-refractivity contribution in [2.45, 2.75) is 32.3 Å². The molecule has 1 N–H and O–H groups in total. The molecule has 1 aliphatic rings. The molecule has 0 spiro atoms. The summed E-state index contributed by atoms with van der Waals surface area (Å²) in [6.07, 6.45) is 5.68. The standard InChI is InChI=1S/C21H26N2O2/c24-17-22-20-15-18(11-14-23-12-5-2-6-13-23)9-10-21(20)25-16-19-7-3-1-4-8-19/h1,3-4,7-10,15,17H,2,5-6,11-14,16H2,(H,22,24). The number of rotatable bonds is 8. The van der Waals surface area contributed by atoms with Crippen molar-refractivity contribution >= 4 is 12.1 Å². The number of ether oxygens (including phenoxy) is 1. The number of carbonyl (C=O) groups excluding carboxylic acids is 1. The molecule has 1 amide bonds. The molecule has 132 valence electrons. The summed E-state index contributed by atoms with van der Waals surface area (Å²) in [6, 6.07) is 16.1. The number of nitrogens with zero attached hydrogens (tertiary/aromatic N) is 1. The number of amides is 1. The fraction of sp³-hybridized carbons (Fsp3) is 0.381. The number of nitrogens with one attached hydrogen (secondary N) is 1. The van der Waals surface area contributed by atoms with Crippen LogP contribution in [0.1, 0.15) is 30.4 Å². The van der Waals surface area contributed by atoms with Crippen LogP contribution in [0, 0.1) is 0 Å². The summed E-state index contributed by atoms with van der Waals surface area (Å²) in [5.74, 6) is 0.706. The van der Waals surface area contributed by atoms with Crippen molar-refractivity contribution in [3.63, 3.8) is 0 Å². The minimum Gasteiger partial charge on any atom is -0.487 e. The lowest BCUT2D eigenvalue weighted by atomic mass is 10.1. The highest BCUT2D eigenvalue weighted by Gasteiger charge is 2.11. The molecule has 1 heterocycles.